The maximum absolute atomic E-state index is 12.9. The van der Waals surface area contributed by atoms with E-state index in [1.165, 1.54) is 24.5 Å². The minimum absolute atomic E-state index is 0.0558. The standard InChI is InChI=1S/C12H17FN2O3S/c1-19(17,18)7-3-6-14-9-12(16)15-11-5-2-4-10(13)8-11/h2,4-5,8,14H,3,6-7,9H2,1H3,(H,15,16). The first kappa shape index (κ1) is 15.6. The zero-order valence-corrected chi connectivity index (χ0v) is 11.5. The summed E-state index contributed by atoms with van der Waals surface area (Å²) < 4.78 is 34.6. The highest BCUT2D eigenvalue weighted by atomic mass is 32.2. The normalized spacial score (nSPS) is 11.3. The number of sulfone groups is 1. The van der Waals surface area contributed by atoms with Crippen LogP contribution >= 0.6 is 0 Å². The highest BCUT2D eigenvalue weighted by Crippen LogP contribution is 2.08. The Hall–Kier alpha value is -1.47. The largest absolute Gasteiger partial charge is 0.325 e. The number of halogens is 1. The van der Waals surface area contributed by atoms with E-state index < -0.39 is 15.7 Å². The van der Waals surface area contributed by atoms with Gasteiger partial charge in [0.25, 0.3) is 0 Å². The van der Waals surface area contributed by atoms with Crippen molar-refractivity contribution in [2.45, 2.75) is 6.42 Å². The lowest BCUT2D eigenvalue weighted by Gasteiger charge is -2.06. The van der Waals surface area contributed by atoms with Gasteiger partial charge in [0.05, 0.1) is 12.3 Å². The summed E-state index contributed by atoms with van der Waals surface area (Å²) in [4.78, 5) is 11.5. The van der Waals surface area contributed by atoms with Crippen LogP contribution in [0.15, 0.2) is 24.3 Å². The third kappa shape index (κ3) is 7.53. The third-order valence-electron chi connectivity index (χ3n) is 2.26. The fourth-order valence-corrected chi connectivity index (χ4v) is 2.10. The van der Waals surface area contributed by atoms with Crippen molar-refractivity contribution in [3.05, 3.63) is 30.1 Å². The molecule has 7 heteroatoms. The summed E-state index contributed by atoms with van der Waals surface area (Å²) in [5, 5.41) is 5.35. The second kappa shape index (κ2) is 7.20. The van der Waals surface area contributed by atoms with Gasteiger partial charge in [-0.05, 0) is 31.2 Å². The van der Waals surface area contributed by atoms with Gasteiger partial charge in [0, 0.05) is 11.9 Å². The van der Waals surface area contributed by atoms with Crippen molar-refractivity contribution in [1.29, 1.82) is 0 Å². The molecule has 0 aliphatic carbocycles. The summed E-state index contributed by atoms with van der Waals surface area (Å²) >= 11 is 0. The fourth-order valence-electron chi connectivity index (χ4n) is 1.43. The van der Waals surface area contributed by atoms with Crippen molar-refractivity contribution < 1.29 is 17.6 Å². The Labute approximate surface area is 112 Å². The first-order valence-corrected chi connectivity index (χ1v) is 7.87. The van der Waals surface area contributed by atoms with Crippen molar-refractivity contribution >= 4 is 21.4 Å². The number of anilines is 1. The van der Waals surface area contributed by atoms with Crippen molar-refractivity contribution in [2.75, 3.05) is 30.4 Å². The van der Waals surface area contributed by atoms with Crippen LogP contribution in [0.2, 0.25) is 0 Å². The lowest BCUT2D eigenvalue weighted by atomic mass is 10.3. The topological polar surface area (TPSA) is 75.3 Å². The number of carbonyl (C=O) groups is 1. The van der Waals surface area contributed by atoms with Crippen LogP contribution < -0.4 is 10.6 Å². The molecule has 0 fully saturated rings. The Morgan fingerprint density at radius 1 is 1.37 bits per heavy atom. The van der Waals surface area contributed by atoms with Gasteiger partial charge < -0.3 is 10.6 Å². The van der Waals surface area contributed by atoms with Gasteiger partial charge >= 0.3 is 0 Å². The summed E-state index contributed by atoms with van der Waals surface area (Å²) in [6, 6.07) is 5.61. The lowest BCUT2D eigenvalue weighted by molar-refractivity contribution is -0.115. The molecule has 0 unspecified atom stereocenters. The van der Waals surface area contributed by atoms with E-state index in [-0.39, 0.29) is 18.2 Å². The highest BCUT2D eigenvalue weighted by molar-refractivity contribution is 7.90. The number of carbonyl (C=O) groups excluding carboxylic acids is 1. The fraction of sp³-hybridized carbons (Fsp3) is 0.417. The Bertz CT molecular complexity index is 532. The molecule has 0 aliphatic heterocycles. The third-order valence-corrected chi connectivity index (χ3v) is 3.29. The second-order valence-corrected chi connectivity index (χ2v) is 6.48. The molecule has 0 aliphatic rings. The number of hydrogen-bond donors (Lipinski definition) is 2. The average molecular weight is 288 g/mol. The summed E-state index contributed by atoms with van der Waals surface area (Å²) in [6.45, 7) is 0.490. The average Bonchev–Trinajstić information content (AvgIpc) is 2.26. The highest BCUT2D eigenvalue weighted by Gasteiger charge is 2.04. The summed E-state index contributed by atoms with van der Waals surface area (Å²) in [7, 11) is -2.96. The summed E-state index contributed by atoms with van der Waals surface area (Å²) in [6.07, 6.45) is 1.62. The van der Waals surface area contributed by atoms with Crippen LogP contribution in [-0.2, 0) is 14.6 Å². The molecule has 0 saturated carbocycles. The maximum Gasteiger partial charge on any atom is 0.238 e. The Balaban J connectivity index is 2.22. The van der Waals surface area contributed by atoms with Gasteiger partial charge in [0.2, 0.25) is 5.91 Å². The van der Waals surface area contributed by atoms with E-state index in [4.69, 9.17) is 0 Å². The van der Waals surface area contributed by atoms with E-state index in [1.54, 1.807) is 6.07 Å². The van der Waals surface area contributed by atoms with Crippen LogP contribution in [0.4, 0.5) is 10.1 Å². The molecule has 0 bridgehead atoms. The van der Waals surface area contributed by atoms with Crippen molar-refractivity contribution in [1.82, 2.24) is 5.32 Å². The number of hydrogen-bond acceptors (Lipinski definition) is 4. The Morgan fingerprint density at radius 3 is 2.74 bits per heavy atom. The van der Waals surface area contributed by atoms with Crippen molar-refractivity contribution in [3.63, 3.8) is 0 Å². The molecule has 0 atom stereocenters. The predicted octanol–water partition coefficient (Wildman–Crippen LogP) is 0.789. The van der Waals surface area contributed by atoms with E-state index in [0.717, 1.165) is 0 Å². The molecule has 2 N–H and O–H groups in total. The monoisotopic (exact) mass is 288 g/mol. The van der Waals surface area contributed by atoms with Crippen LogP contribution in [0, 0.1) is 5.82 Å². The van der Waals surface area contributed by atoms with Gasteiger partial charge in [-0.3, -0.25) is 4.79 Å². The molecule has 0 saturated heterocycles. The molecule has 1 aromatic rings. The van der Waals surface area contributed by atoms with E-state index in [2.05, 4.69) is 10.6 Å². The van der Waals surface area contributed by atoms with Gasteiger partial charge in [-0.2, -0.15) is 0 Å². The van der Waals surface area contributed by atoms with E-state index >= 15 is 0 Å². The number of amides is 1. The smallest absolute Gasteiger partial charge is 0.238 e. The molecule has 5 nitrogen and oxygen atoms in total. The minimum Gasteiger partial charge on any atom is -0.325 e. The molecule has 1 aromatic carbocycles. The Morgan fingerprint density at radius 2 is 2.11 bits per heavy atom. The SMILES string of the molecule is CS(=O)(=O)CCCNCC(=O)Nc1cccc(F)c1. The van der Waals surface area contributed by atoms with E-state index in [1.807, 2.05) is 0 Å². The van der Waals surface area contributed by atoms with Gasteiger partial charge in [-0.1, -0.05) is 6.07 Å². The van der Waals surface area contributed by atoms with Crippen LogP contribution in [0.3, 0.4) is 0 Å². The molecule has 1 amide bonds. The molecule has 0 radical (unpaired) electrons. The van der Waals surface area contributed by atoms with Crippen LogP contribution in [-0.4, -0.2) is 39.4 Å². The number of rotatable bonds is 7. The van der Waals surface area contributed by atoms with Crippen LogP contribution in [0.5, 0.6) is 0 Å². The first-order chi connectivity index (χ1) is 8.87. The first-order valence-electron chi connectivity index (χ1n) is 5.81. The van der Waals surface area contributed by atoms with Gasteiger partial charge in [-0.25, -0.2) is 12.8 Å². The summed E-state index contributed by atoms with van der Waals surface area (Å²) in [5.41, 5.74) is 0.392. The maximum atomic E-state index is 12.9. The van der Waals surface area contributed by atoms with Gasteiger partial charge in [0.15, 0.2) is 0 Å². The van der Waals surface area contributed by atoms with E-state index in [9.17, 15) is 17.6 Å². The van der Waals surface area contributed by atoms with E-state index in [0.29, 0.717) is 18.7 Å². The molecule has 106 valence electrons. The molecule has 0 aromatic heterocycles. The molecule has 0 spiro atoms. The zero-order chi connectivity index (χ0) is 14.3. The van der Waals surface area contributed by atoms with Crippen LogP contribution in [0.1, 0.15) is 6.42 Å². The van der Waals surface area contributed by atoms with Gasteiger partial charge in [-0.15, -0.1) is 0 Å². The van der Waals surface area contributed by atoms with Crippen LogP contribution in [0.25, 0.3) is 0 Å². The van der Waals surface area contributed by atoms with Crippen molar-refractivity contribution in [2.24, 2.45) is 0 Å². The Kier molecular flexibility index (Phi) is 5.91. The van der Waals surface area contributed by atoms with Gasteiger partial charge in [0.1, 0.15) is 15.7 Å². The molecular formula is C12H17FN2O3S. The number of benzene rings is 1. The molecule has 19 heavy (non-hydrogen) atoms. The zero-order valence-electron chi connectivity index (χ0n) is 10.6. The second-order valence-electron chi connectivity index (χ2n) is 4.22. The lowest BCUT2D eigenvalue weighted by Crippen LogP contribution is -2.29. The number of nitrogens with one attached hydrogen (secondary N) is 2. The summed E-state index contributed by atoms with van der Waals surface area (Å²) in [5.74, 6) is -0.630. The minimum atomic E-state index is -2.96. The van der Waals surface area contributed by atoms with Crippen molar-refractivity contribution in [3.8, 4) is 0 Å². The molecule has 1 rings (SSSR count). The molecule has 0 heterocycles. The quantitative estimate of drug-likeness (QED) is 0.727. The predicted molar refractivity (Wildman–Crippen MR) is 72.2 cm³/mol. The molecular weight excluding hydrogens is 271 g/mol.